The Hall–Kier alpha value is -1.41. The van der Waals surface area contributed by atoms with Crippen molar-refractivity contribution in [3.05, 3.63) is 46.8 Å². The summed E-state index contributed by atoms with van der Waals surface area (Å²) in [5.74, 6) is 0. The highest BCUT2D eigenvalue weighted by Crippen LogP contribution is 2.24. The number of nitrogens with two attached hydrogens (primary N) is 1. The maximum Gasteiger partial charge on any atom is 0.271 e. The Labute approximate surface area is 128 Å². The van der Waals surface area contributed by atoms with Crippen molar-refractivity contribution < 1.29 is 13.5 Å². The number of anilines is 1. The van der Waals surface area contributed by atoms with Crippen LogP contribution in [0.3, 0.4) is 0 Å². The van der Waals surface area contributed by atoms with Gasteiger partial charge in [-0.3, -0.25) is 4.72 Å². The zero-order valence-electron chi connectivity index (χ0n) is 11.5. The Bertz CT molecular complexity index is 678. The van der Waals surface area contributed by atoms with Crippen molar-refractivity contribution in [1.82, 2.24) is 0 Å². The first kappa shape index (κ1) is 16.0. The number of aliphatic hydroxyl groups excluding tert-OH is 1. The molecule has 2 rings (SSSR count). The molecule has 7 heteroatoms. The van der Waals surface area contributed by atoms with Gasteiger partial charge in [-0.05, 0) is 49.2 Å². The maximum atomic E-state index is 12.3. The Balaban J connectivity index is 2.12. The van der Waals surface area contributed by atoms with Gasteiger partial charge in [0.2, 0.25) is 0 Å². The van der Waals surface area contributed by atoms with Crippen LogP contribution in [0.15, 0.2) is 40.6 Å². The Kier molecular flexibility index (Phi) is 5.35. The lowest BCUT2D eigenvalue weighted by Crippen LogP contribution is -2.11. The van der Waals surface area contributed by atoms with Gasteiger partial charge < -0.3 is 10.8 Å². The van der Waals surface area contributed by atoms with E-state index in [1.54, 1.807) is 36.4 Å². The topological polar surface area (TPSA) is 92.4 Å². The normalized spacial score (nSPS) is 11.5. The molecular formula is C14H18N2O3S2. The minimum Gasteiger partial charge on any atom is -0.396 e. The standard InChI is InChI=1S/C14H18N2O3S2/c15-9-7-13-5-6-14(20-13)21(18,19)16-12-3-1-11(2-4-12)8-10-17/h1-6,16-17H,7-10,15H2. The summed E-state index contributed by atoms with van der Waals surface area (Å²) < 4.78 is 27.3. The number of nitrogens with one attached hydrogen (secondary N) is 1. The van der Waals surface area contributed by atoms with Crippen LogP contribution < -0.4 is 10.5 Å². The van der Waals surface area contributed by atoms with E-state index in [0.717, 1.165) is 10.4 Å². The lowest BCUT2D eigenvalue weighted by Gasteiger charge is -2.07. The summed E-state index contributed by atoms with van der Waals surface area (Å²) in [6, 6.07) is 10.4. The molecule has 1 heterocycles. The first-order valence-corrected chi connectivity index (χ1v) is 8.86. The molecule has 2 aromatic rings. The van der Waals surface area contributed by atoms with Gasteiger partial charge in [-0.1, -0.05) is 12.1 Å². The molecular weight excluding hydrogens is 308 g/mol. The average molecular weight is 326 g/mol. The molecule has 0 bridgehead atoms. The second-order valence-electron chi connectivity index (χ2n) is 4.54. The number of rotatable bonds is 7. The van der Waals surface area contributed by atoms with E-state index in [2.05, 4.69) is 4.72 Å². The van der Waals surface area contributed by atoms with Crippen LogP contribution in [0.1, 0.15) is 10.4 Å². The van der Waals surface area contributed by atoms with E-state index in [1.807, 2.05) is 0 Å². The number of hydrogen-bond donors (Lipinski definition) is 3. The Morgan fingerprint density at radius 2 is 1.81 bits per heavy atom. The predicted molar refractivity (Wildman–Crippen MR) is 85.1 cm³/mol. The molecule has 0 aliphatic rings. The molecule has 0 radical (unpaired) electrons. The second-order valence-corrected chi connectivity index (χ2v) is 7.61. The second kappa shape index (κ2) is 7.04. The molecule has 0 fully saturated rings. The summed E-state index contributed by atoms with van der Waals surface area (Å²) in [6.45, 7) is 0.573. The highest BCUT2D eigenvalue weighted by Gasteiger charge is 2.16. The van der Waals surface area contributed by atoms with Crippen molar-refractivity contribution in [3.8, 4) is 0 Å². The van der Waals surface area contributed by atoms with Gasteiger partial charge in [-0.25, -0.2) is 8.42 Å². The fraction of sp³-hybridized carbons (Fsp3) is 0.286. The van der Waals surface area contributed by atoms with E-state index in [0.29, 0.717) is 25.1 Å². The highest BCUT2D eigenvalue weighted by molar-refractivity contribution is 7.94. The lowest BCUT2D eigenvalue weighted by atomic mass is 10.1. The van der Waals surface area contributed by atoms with E-state index in [9.17, 15) is 8.42 Å². The minimum atomic E-state index is -3.56. The number of thiophene rings is 1. The zero-order chi connectivity index (χ0) is 15.3. The van der Waals surface area contributed by atoms with Gasteiger partial charge in [0, 0.05) is 17.2 Å². The third-order valence-corrected chi connectivity index (χ3v) is 5.92. The van der Waals surface area contributed by atoms with Crippen LogP contribution >= 0.6 is 11.3 Å². The largest absolute Gasteiger partial charge is 0.396 e. The Morgan fingerprint density at radius 1 is 1.10 bits per heavy atom. The van der Waals surface area contributed by atoms with Gasteiger partial charge in [0.25, 0.3) is 10.0 Å². The summed E-state index contributed by atoms with van der Waals surface area (Å²) in [6.07, 6.45) is 1.23. The van der Waals surface area contributed by atoms with Crippen molar-refractivity contribution in [2.75, 3.05) is 17.9 Å². The first-order chi connectivity index (χ1) is 10.0. The molecule has 21 heavy (non-hydrogen) atoms. The van der Waals surface area contributed by atoms with Gasteiger partial charge in [0.15, 0.2) is 0 Å². The van der Waals surface area contributed by atoms with Crippen molar-refractivity contribution in [2.24, 2.45) is 5.73 Å². The van der Waals surface area contributed by atoms with Crippen LogP contribution in [0.25, 0.3) is 0 Å². The molecule has 0 amide bonds. The molecule has 1 aromatic carbocycles. The van der Waals surface area contributed by atoms with Crippen LogP contribution in [-0.4, -0.2) is 26.7 Å². The fourth-order valence-corrected chi connectivity index (χ4v) is 4.28. The third kappa shape index (κ3) is 4.28. The molecule has 0 spiro atoms. The maximum absolute atomic E-state index is 12.3. The number of benzene rings is 1. The lowest BCUT2D eigenvalue weighted by molar-refractivity contribution is 0.299. The number of aliphatic hydroxyl groups is 1. The SMILES string of the molecule is NCCc1ccc(S(=O)(=O)Nc2ccc(CCO)cc2)s1. The van der Waals surface area contributed by atoms with Gasteiger partial charge in [-0.15, -0.1) is 11.3 Å². The van der Waals surface area contributed by atoms with Crippen molar-refractivity contribution in [1.29, 1.82) is 0 Å². The molecule has 0 unspecified atom stereocenters. The number of hydrogen-bond acceptors (Lipinski definition) is 5. The summed E-state index contributed by atoms with van der Waals surface area (Å²) in [4.78, 5) is 0.955. The van der Waals surface area contributed by atoms with Crippen LogP contribution in [0.2, 0.25) is 0 Å². The minimum absolute atomic E-state index is 0.0736. The van der Waals surface area contributed by atoms with Crippen molar-refractivity contribution in [3.63, 3.8) is 0 Å². The van der Waals surface area contributed by atoms with Crippen molar-refractivity contribution in [2.45, 2.75) is 17.1 Å². The highest BCUT2D eigenvalue weighted by atomic mass is 32.2. The van der Waals surface area contributed by atoms with Crippen LogP contribution in [0, 0.1) is 0 Å². The molecule has 5 nitrogen and oxygen atoms in total. The van der Waals surface area contributed by atoms with Gasteiger partial charge in [-0.2, -0.15) is 0 Å². The zero-order valence-corrected chi connectivity index (χ0v) is 13.1. The molecule has 4 N–H and O–H groups in total. The van der Waals surface area contributed by atoms with E-state index < -0.39 is 10.0 Å². The van der Waals surface area contributed by atoms with Gasteiger partial charge in [0.05, 0.1) is 0 Å². The van der Waals surface area contributed by atoms with Gasteiger partial charge in [0.1, 0.15) is 4.21 Å². The van der Waals surface area contributed by atoms with Gasteiger partial charge >= 0.3 is 0 Å². The quantitative estimate of drug-likeness (QED) is 0.720. The molecule has 0 aliphatic heterocycles. The van der Waals surface area contributed by atoms with E-state index in [-0.39, 0.29) is 10.8 Å². The Morgan fingerprint density at radius 3 is 2.43 bits per heavy atom. The fourth-order valence-electron chi connectivity index (χ4n) is 1.85. The molecule has 0 saturated heterocycles. The molecule has 0 aliphatic carbocycles. The average Bonchev–Trinajstić information content (AvgIpc) is 2.91. The first-order valence-electron chi connectivity index (χ1n) is 6.56. The summed E-state index contributed by atoms with van der Waals surface area (Å²) in [5, 5.41) is 8.85. The van der Waals surface area contributed by atoms with Crippen molar-refractivity contribution >= 4 is 27.0 Å². The monoisotopic (exact) mass is 326 g/mol. The number of sulfonamides is 1. The van der Waals surface area contributed by atoms with Crippen LogP contribution in [0.5, 0.6) is 0 Å². The summed E-state index contributed by atoms with van der Waals surface area (Å²) in [5.41, 5.74) is 6.93. The summed E-state index contributed by atoms with van der Waals surface area (Å²) >= 11 is 1.23. The molecule has 0 saturated carbocycles. The smallest absolute Gasteiger partial charge is 0.271 e. The van der Waals surface area contributed by atoms with E-state index in [1.165, 1.54) is 11.3 Å². The predicted octanol–water partition coefficient (Wildman–Crippen LogP) is 1.58. The third-order valence-electron chi connectivity index (χ3n) is 2.90. The van der Waals surface area contributed by atoms with Crippen LogP contribution in [-0.2, 0) is 22.9 Å². The molecule has 114 valence electrons. The van der Waals surface area contributed by atoms with Crippen LogP contribution in [0.4, 0.5) is 5.69 Å². The summed E-state index contributed by atoms with van der Waals surface area (Å²) in [7, 11) is -3.56. The molecule has 1 aromatic heterocycles. The van der Waals surface area contributed by atoms with E-state index in [4.69, 9.17) is 10.8 Å². The molecule has 0 atom stereocenters. The van der Waals surface area contributed by atoms with E-state index >= 15 is 0 Å².